The van der Waals surface area contributed by atoms with E-state index in [1.165, 1.54) is 7.11 Å². The lowest BCUT2D eigenvalue weighted by Gasteiger charge is -2.32. The van der Waals surface area contributed by atoms with Gasteiger partial charge in [-0.1, -0.05) is 36.7 Å². The van der Waals surface area contributed by atoms with Crippen LogP contribution in [-0.4, -0.2) is 25.5 Å². The molecule has 31 heavy (non-hydrogen) atoms. The number of carbonyl (C=O) groups is 2. The molecule has 7 heteroatoms. The number of fused-ring (bicyclic) bond motifs is 1. The molecule has 0 bridgehead atoms. The van der Waals surface area contributed by atoms with E-state index in [2.05, 4.69) is 10.6 Å². The molecule has 3 atom stereocenters. The number of nitrogens with one attached hydrogen (secondary N) is 2. The third kappa shape index (κ3) is 3.88. The minimum Gasteiger partial charge on any atom is -0.492 e. The standard InChI is InChI=1S/C24H25ClN2O4/c1-4-31-19-10-9-14(12-15(19)25)22-21-18(26-16-7-5-6-8-17(16)27-22)11-13(2)20(23(21)28)24(29)30-3/h5-10,12-13,20,22,26-27H,4,11H2,1-3H3/t13-,20-,22+/m1/s1. The Morgan fingerprint density at radius 2 is 1.94 bits per heavy atom. The summed E-state index contributed by atoms with van der Waals surface area (Å²) in [6.45, 7) is 4.30. The number of esters is 1. The van der Waals surface area contributed by atoms with Gasteiger partial charge in [0.05, 0.1) is 36.2 Å². The number of para-hydroxylation sites is 2. The first-order valence-corrected chi connectivity index (χ1v) is 10.7. The van der Waals surface area contributed by atoms with Crippen molar-refractivity contribution in [1.82, 2.24) is 0 Å². The van der Waals surface area contributed by atoms with E-state index in [0.29, 0.717) is 29.4 Å². The fraction of sp³-hybridized carbons (Fsp3) is 0.333. The number of hydrogen-bond donors (Lipinski definition) is 2. The Morgan fingerprint density at radius 3 is 2.61 bits per heavy atom. The van der Waals surface area contributed by atoms with E-state index in [1.54, 1.807) is 12.1 Å². The zero-order valence-corrected chi connectivity index (χ0v) is 18.5. The third-order valence-corrected chi connectivity index (χ3v) is 6.11. The van der Waals surface area contributed by atoms with Crippen LogP contribution in [0, 0.1) is 11.8 Å². The normalized spacial score (nSPS) is 22.5. The van der Waals surface area contributed by atoms with Gasteiger partial charge in [-0.2, -0.15) is 0 Å². The van der Waals surface area contributed by atoms with Gasteiger partial charge in [-0.05, 0) is 49.1 Å². The molecule has 2 aromatic rings. The summed E-state index contributed by atoms with van der Waals surface area (Å²) in [5.74, 6) is -1.17. The highest BCUT2D eigenvalue weighted by atomic mass is 35.5. The highest BCUT2D eigenvalue weighted by molar-refractivity contribution is 6.32. The molecule has 0 saturated heterocycles. The number of benzene rings is 2. The average Bonchev–Trinajstić information content (AvgIpc) is 2.91. The van der Waals surface area contributed by atoms with Crippen LogP contribution in [0.15, 0.2) is 53.7 Å². The van der Waals surface area contributed by atoms with E-state index in [4.69, 9.17) is 21.1 Å². The molecule has 0 saturated carbocycles. The average molecular weight is 441 g/mol. The monoisotopic (exact) mass is 440 g/mol. The summed E-state index contributed by atoms with van der Waals surface area (Å²) in [5, 5.41) is 7.38. The number of hydrogen-bond acceptors (Lipinski definition) is 6. The van der Waals surface area contributed by atoms with Gasteiger partial charge in [-0.3, -0.25) is 9.59 Å². The smallest absolute Gasteiger partial charge is 0.316 e. The molecule has 0 amide bonds. The van der Waals surface area contributed by atoms with Gasteiger partial charge < -0.3 is 20.1 Å². The number of Topliss-reactive ketones (excluding diaryl/α,β-unsaturated/α-hetero) is 1. The molecule has 0 fully saturated rings. The largest absolute Gasteiger partial charge is 0.492 e. The quantitative estimate of drug-likeness (QED) is 0.516. The summed E-state index contributed by atoms with van der Waals surface area (Å²) in [6, 6.07) is 12.8. The van der Waals surface area contributed by atoms with Gasteiger partial charge in [0, 0.05) is 11.3 Å². The molecule has 6 nitrogen and oxygen atoms in total. The molecule has 0 unspecified atom stereocenters. The van der Waals surface area contributed by atoms with Crippen LogP contribution < -0.4 is 15.4 Å². The second-order valence-corrected chi connectivity index (χ2v) is 8.22. The topological polar surface area (TPSA) is 76.7 Å². The Morgan fingerprint density at radius 1 is 1.19 bits per heavy atom. The second-order valence-electron chi connectivity index (χ2n) is 7.81. The first kappa shape index (κ1) is 21.2. The molecule has 1 heterocycles. The van der Waals surface area contributed by atoms with Gasteiger partial charge in [-0.15, -0.1) is 0 Å². The van der Waals surface area contributed by atoms with Crippen LogP contribution in [0.2, 0.25) is 5.02 Å². The molecule has 2 N–H and O–H groups in total. The highest BCUT2D eigenvalue weighted by Gasteiger charge is 2.44. The molecule has 2 aliphatic rings. The Balaban J connectivity index is 1.85. The molecule has 2 aromatic carbocycles. The van der Waals surface area contributed by atoms with E-state index in [9.17, 15) is 9.59 Å². The van der Waals surface area contributed by atoms with Crippen molar-refractivity contribution in [2.24, 2.45) is 11.8 Å². The Bertz CT molecular complexity index is 1070. The van der Waals surface area contributed by atoms with Crippen LogP contribution in [0.3, 0.4) is 0 Å². The SMILES string of the molecule is CCOc1ccc([C@@H]2Nc3ccccc3NC3=C2C(=O)[C@H](C(=O)OC)[C@H](C)C3)cc1Cl. The number of allylic oxidation sites excluding steroid dienone is 1. The van der Waals surface area contributed by atoms with Crippen LogP contribution in [-0.2, 0) is 14.3 Å². The minimum atomic E-state index is -0.839. The van der Waals surface area contributed by atoms with Crippen molar-refractivity contribution in [1.29, 1.82) is 0 Å². The molecular weight excluding hydrogens is 416 g/mol. The molecule has 162 valence electrons. The van der Waals surface area contributed by atoms with E-state index in [0.717, 1.165) is 22.6 Å². The number of rotatable bonds is 4. The van der Waals surface area contributed by atoms with E-state index < -0.39 is 17.9 Å². The van der Waals surface area contributed by atoms with Crippen molar-refractivity contribution in [3.63, 3.8) is 0 Å². The number of ether oxygens (including phenoxy) is 2. The van der Waals surface area contributed by atoms with Gasteiger partial charge in [0.25, 0.3) is 0 Å². The maximum absolute atomic E-state index is 13.6. The molecule has 0 spiro atoms. The summed E-state index contributed by atoms with van der Waals surface area (Å²) >= 11 is 6.46. The van der Waals surface area contributed by atoms with Crippen molar-refractivity contribution in [2.45, 2.75) is 26.3 Å². The highest BCUT2D eigenvalue weighted by Crippen LogP contribution is 2.44. The fourth-order valence-electron chi connectivity index (χ4n) is 4.35. The lowest BCUT2D eigenvalue weighted by atomic mass is 9.75. The van der Waals surface area contributed by atoms with Crippen LogP contribution in [0.25, 0.3) is 0 Å². The number of halogens is 1. The summed E-state index contributed by atoms with van der Waals surface area (Å²) in [6.07, 6.45) is 0.554. The van der Waals surface area contributed by atoms with Gasteiger partial charge in [0.15, 0.2) is 5.78 Å². The summed E-state index contributed by atoms with van der Waals surface area (Å²) < 4.78 is 10.5. The maximum atomic E-state index is 13.6. The third-order valence-electron chi connectivity index (χ3n) is 5.81. The Kier molecular flexibility index (Phi) is 5.92. The summed E-state index contributed by atoms with van der Waals surface area (Å²) in [4.78, 5) is 26.1. The zero-order valence-electron chi connectivity index (χ0n) is 17.7. The van der Waals surface area contributed by atoms with Crippen molar-refractivity contribution in [2.75, 3.05) is 24.4 Å². The van der Waals surface area contributed by atoms with Crippen molar-refractivity contribution in [3.8, 4) is 5.75 Å². The lowest BCUT2D eigenvalue weighted by Crippen LogP contribution is -2.39. The molecular formula is C24H25ClN2O4. The minimum absolute atomic E-state index is 0.180. The number of carbonyl (C=O) groups excluding carboxylic acids is 2. The molecule has 1 aliphatic heterocycles. The lowest BCUT2D eigenvalue weighted by molar-refractivity contribution is -0.151. The van der Waals surface area contributed by atoms with Crippen LogP contribution in [0.5, 0.6) is 5.75 Å². The van der Waals surface area contributed by atoms with E-state index >= 15 is 0 Å². The Labute approximate surface area is 186 Å². The number of methoxy groups -OCH3 is 1. The zero-order chi connectivity index (χ0) is 22.1. The van der Waals surface area contributed by atoms with Gasteiger partial charge >= 0.3 is 5.97 Å². The van der Waals surface area contributed by atoms with Crippen molar-refractivity contribution in [3.05, 3.63) is 64.3 Å². The number of anilines is 2. The Hall–Kier alpha value is -2.99. The van der Waals surface area contributed by atoms with Crippen LogP contribution in [0.4, 0.5) is 11.4 Å². The fourth-order valence-corrected chi connectivity index (χ4v) is 4.60. The first-order valence-electron chi connectivity index (χ1n) is 10.3. The van der Waals surface area contributed by atoms with Crippen molar-refractivity contribution >= 4 is 34.7 Å². The van der Waals surface area contributed by atoms with Crippen LogP contribution >= 0.6 is 11.6 Å². The molecule has 0 radical (unpaired) electrons. The van der Waals surface area contributed by atoms with Gasteiger partial charge in [-0.25, -0.2) is 0 Å². The molecule has 0 aromatic heterocycles. The molecule has 1 aliphatic carbocycles. The van der Waals surface area contributed by atoms with Gasteiger partial charge in [0.1, 0.15) is 11.7 Å². The van der Waals surface area contributed by atoms with E-state index in [1.807, 2.05) is 44.2 Å². The summed E-state index contributed by atoms with van der Waals surface area (Å²) in [7, 11) is 1.31. The van der Waals surface area contributed by atoms with E-state index in [-0.39, 0.29) is 11.7 Å². The predicted octanol–water partition coefficient (Wildman–Crippen LogP) is 4.97. The van der Waals surface area contributed by atoms with Crippen LogP contribution in [0.1, 0.15) is 31.9 Å². The second kappa shape index (κ2) is 8.63. The van der Waals surface area contributed by atoms with Gasteiger partial charge in [0.2, 0.25) is 0 Å². The molecule has 4 rings (SSSR count). The van der Waals surface area contributed by atoms with Crippen molar-refractivity contribution < 1.29 is 19.1 Å². The first-order chi connectivity index (χ1) is 14.9. The number of ketones is 1. The maximum Gasteiger partial charge on any atom is 0.316 e. The predicted molar refractivity (Wildman–Crippen MR) is 120 cm³/mol. The summed E-state index contributed by atoms with van der Waals surface area (Å²) in [5.41, 5.74) is 3.90.